The molecule has 0 amide bonds. The van der Waals surface area contributed by atoms with Gasteiger partial charge in [0, 0.05) is 12.1 Å². The van der Waals surface area contributed by atoms with E-state index in [1.165, 1.54) is 12.1 Å². The molecule has 1 aromatic carbocycles. The first-order valence-corrected chi connectivity index (χ1v) is 7.19. The second-order valence-electron chi connectivity index (χ2n) is 5.09. The maximum Gasteiger partial charge on any atom is 0.269 e. The molecular weight excluding hydrogens is 306 g/mol. The molecule has 0 unspecified atom stereocenters. The Hall–Kier alpha value is -3.48. The molecule has 0 fully saturated rings. The van der Waals surface area contributed by atoms with Crippen molar-refractivity contribution in [2.75, 3.05) is 0 Å². The van der Waals surface area contributed by atoms with Crippen LogP contribution in [-0.2, 0) is 0 Å². The lowest BCUT2D eigenvalue weighted by Crippen LogP contribution is -1.94. The highest BCUT2D eigenvalue weighted by Crippen LogP contribution is 2.15. The SMILES string of the molecule is Cc1ccc(-c2ccc(C=Cc3ccc([N+](=O)[O-])cc3)nn2)nn1. The summed E-state index contributed by atoms with van der Waals surface area (Å²) in [7, 11) is 0. The molecule has 0 atom stereocenters. The highest BCUT2D eigenvalue weighted by Gasteiger charge is 2.03. The number of hydrogen-bond donors (Lipinski definition) is 0. The summed E-state index contributed by atoms with van der Waals surface area (Å²) in [5.41, 5.74) is 3.74. The summed E-state index contributed by atoms with van der Waals surface area (Å²) in [6, 6.07) is 13.6. The number of aromatic nitrogens is 4. The van der Waals surface area contributed by atoms with Crippen LogP contribution >= 0.6 is 0 Å². The fourth-order valence-electron chi connectivity index (χ4n) is 1.99. The maximum atomic E-state index is 10.6. The molecular formula is C17H13N5O2. The van der Waals surface area contributed by atoms with Crippen molar-refractivity contribution in [1.82, 2.24) is 20.4 Å². The molecule has 7 heteroatoms. The number of nitrogens with zero attached hydrogens (tertiary/aromatic N) is 5. The Kier molecular flexibility index (Phi) is 4.33. The number of aryl methyl sites for hydroxylation is 1. The molecule has 0 N–H and O–H groups in total. The molecule has 0 saturated heterocycles. The van der Waals surface area contributed by atoms with E-state index in [1.54, 1.807) is 18.2 Å². The van der Waals surface area contributed by atoms with Gasteiger partial charge in [0.25, 0.3) is 5.69 Å². The van der Waals surface area contributed by atoms with Crippen molar-refractivity contribution in [3.63, 3.8) is 0 Å². The fourth-order valence-corrected chi connectivity index (χ4v) is 1.99. The monoisotopic (exact) mass is 319 g/mol. The van der Waals surface area contributed by atoms with Crippen LogP contribution < -0.4 is 0 Å². The zero-order chi connectivity index (χ0) is 16.9. The average molecular weight is 319 g/mol. The minimum atomic E-state index is -0.425. The topological polar surface area (TPSA) is 94.7 Å². The molecule has 7 nitrogen and oxygen atoms in total. The van der Waals surface area contributed by atoms with Crippen molar-refractivity contribution in [2.24, 2.45) is 0 Å². The Morgan fingerprint density at radius 2 is 1.50 bits per heavy atom. The summed E-state index contributed by atoms with van der Waals surface area (Å²) in [5, 5.41) is 26.9. The smallest absolute Gasteiger partial charge is 0.258 e. The maximum absolute atomic E-state index is 10.6. The largest absolute Gasteiger partial charge is 0.269 e. The van der Waals surface area contributed by atoms with Gasteiger partial charge in [0.05, 0.1) is 16.3 Å². The predicted octanol–water partition coefficient (Wildman–Crippen LogP) is 3.32. The first kappa shape index (κ1) is 15.4. The molecule has 0 spiro atoms. The lowest BCUT2D eigenvalue weighted by atomic mass is 10.2. The van der Waals surface area contributed by atoms with Crippen LogP contribution in [0.5, 0.6) is 0 Å². The lowest BCUT2D eigenvalue weighted by Gasteiger charge is -1.99. The van der Waals surface area contributed by atoms with Crippen molar-refractivity contribution >= 4 is 17.8 Å². The van der Waals surface area contributed by atoms with Crippen molar-refractivity contribution in [3.05, 3.63) is 75.6 Å². The van der Waals surface area contributed by atoms with Crippen LogP contribution in [0.2, 0.25) is 0 Å². The standard InChI is InChI=1S/C17H13N5O2/c1-12-2-10-16(20-18-12)17-11-7-14(19-21-17)6-3-13-4-8-15(9-5-13)22(23)24/h2-11H,1H3. The predicted molar refractivity (Wildman–Crippen MR) is 89.8 cm³/mol. The van der Waals surface area contributed by atoms with Crippen molar-refractivity contribution in [1.29, 1.82) is 0 Å². The van der Waals surface area contributed by atoms with Crippen molar-refractivity contribution < 1.29 is 4.92 Å². The molecule has 118 valence electrons. The third-order valence-electron chi connectivity index (χ3n) is 3.30. The van der Waals surface area contributed by atoms with Gasteiger partial charge in [-0.05, 0) is 55.0 Å². The molecule has 0 aliphatic heterocycles. The molecule has 2 aromatic heterocycles. The molecule has 0 radical (unpaired) electrons. The number of hydrogen-bond acceptors (Lipinski definition) is 6. The van der Waals surface area contributed by atoms with E-state index in [0.29, 0.717) is 17.1 Å². The average Bonchev–Trinajstić information content (AvgIpc) is 2.61. The molecule has 3 aromatic rings. The summed E-state index contributed by atoms with van der Waals surface area (Å²) in [5.74, 6) is 0. The van der Waals surface area contributed by atoms with Crippen LogP contribution in [0, 0.1) is 17.0 Å². The van der Waals surface area contributed by atoms with Gasteiger partial charge >= 0.3 is 0 Å². The van der Waals surface area contributed by atoms with E-state index in [9.17, 15) is 10.1 Å². The van der Waals surface area contributed by atoms with E-state index < -0.39 is 4.92 Å². The van der Waals surface area contributed by atoms with Crippen LogP contribution in [0.4, 0.5) is 5.69 Å². The lowest BCUT2D eigenvalue weighted by molar-refractivity contribution is -0.384. The molecule has 0 saturated carbocycles. The highest BCUT2D eigenvalue weighted by atomic mass is 16.6. The van der Waals surface area contributed by atoms with E-state index in [0.717, 1.165) is 11.3 Å². The summed E-state index contributed by atoms with van der Waals surface area (Å²) >= 11 is 0. The second-order valence-corrected chi connectivity index (χ2v) is 5.09. The zero-order valence-corrected chi connectivity index (χ0v) is 12.8. The number of nitro groups is 1. The summed E-state index contributed by atoms with van der Waals surface area (Å²) in [6.07, 6.45) is 3.61. The fraction of sp³-hybridized carbons (Fsp3) is 0.0588. The Morgan fingerprint density at radius 1 is 0.833 bits per heavy atom. The number of nitro benzene ring substituents is 1. The van der Waals surface area contributed by atoms with Gasteiger partial charge in [-0.1, -0.05) is 6.08 Å². The van der Waals surface area contributed by atoms with Gasteiger partial charge in [0.1, 0.15) is 11.4 Å². The van der Waals surface area contributed by atoms with Gasteiger partial charge in [-0.3, -0.25) is 10.1 Å². The number of rotatable bonds is 4. The van der Waals surface area contributed by atoms with E-state index in [2.05, 4.69) is 20.4 Å². The Morgan fingerprint density at radius 3 is 2.04 bits per heavy atom. The number of benzene rings is 1. The minimum Gasteiger partial charge on any atom is -0.258 e. The van der Waals surface area contributed by atoms with Crippen LogP contribution in [0.1, 0.15) is 17.0 Å². The summed E-state index contributed by atoms with van der Waals surface area (Å²) in [6.45, 7) is 1.87. The third-order valence-corrected chi connectivity index (χ3v) is 3.30. The van der Waals surface area contributed by atoms with E-state index in [-0.39, 0.29) is 5.69 Å². The Bertz CT molecular complexity index is 872. The van der Waals surface area contributed by atoms with Crippen molar-refractivity contribution in [3.8, 4) is 11.4 Å². The summed E-state index contributed by atoms with van der Waals surface area (Å²) < 4.78 is 0. The van der Waals surface area contributed by atoms with Crippen molar-refractivity contribution in [2.45, 2.75) is 6.92 Å². The Labute approximate surface area is 137 Å². The van der Waals surface area contributed by atoms with Gasteiger partial charge in [-0.15, -0.1) is 10.2 Å². The third kappa shape index (κ3) is 3.64. The van der Waals surface area contributed by atoms with E-state index in [4.69, 9.17) is 0 Å². The van der Waals surface area contributed by atoms with Crippen LogP contribution in [0.15, 0.2) is 48.5 Å². The molecule has 0 aliphatic carbocycles. The second kappa shape index (κ2) is 6.74. The minimum absolute atomic E-state index is 0.0653. The van der Waals surface area contributed by atoms with E-state index >= 15 is 0 Å². The number of non-ortho nitro benzene ring substituents is 1. The van der Waals surface area contributed by atoms with Gasteiger partial charge in [-0.2, -0.15) is 10.2 Å². The molecule has 2 heterocycles. The first-order valence-electron chi connectivity index (χ1n) is 7.19. The molecule has 3 rings (SSSR count). The molecule has 0 aliphatic rings. The first-order chi connectivity index (χ1) is 11.6. The summed E-state index contributed by atoms with van der Waals surface area (Å²) in [4.78, 5) is 10.2. The molecule has 0 bridgehead atoms. The van der Waals surface area contributed by atoms with Gasteiger partial charge in [0.15, 0.2) is 0 Å². The van der Waals surface area contributed by atoms with Crippen LogP contribution in [0.3, 0.4) is 0 Å². The Balaban J connectivity index is 1.73. The van der Waals surface area contributed by atoms with Crippen LogP contribution in [-0.4, -0.2) is 25.3 Å². The zero-order valence-electron chi connectivity index (χ0n) is 12.8. The molecule has 24 heavy (non-hydrogen) atoms. The highest BCUT2D eigenvalue weighted by molar-refractivity contribution is 5.68. The van der Waals surface area contributed by atoms with Gasteiger partial charge < -0.3 is 0 Å². The van der Waals surface area contributed by atoms with E-state index in [1.807, 2.05) is 37.3 Å². The van der Waals surface area contributed by atoms with Gasteiger partial charge in [-0.25, -0.2) is 0 Å². The quantitative estimate of drug-likeness (QED) is 0.541. The van der Waals surface area contributed by atoms with Crippen LogP contribution in [0.25, 0.3) is 23.5 Å². The van der Waals surface area contributed by atoms with Gasteiger partial charge in [0.2, 0.25) is 0 Å². The normalized spacial score (nSPS) is 10.9.